The number of benzene rings is 1. The second-order valence-electron chi connectivity index (χ2n) is 5.33. The summed E-state index contributed by atoms with van der Waals surface area (Å²) in [6.45, 7) is 0.531. The molecule has 0 aliphatic heterocycles. The molecule has 4 aromatic rings. The number of aryl methyl sites for hydroxylation is 1. The van der Waals surface area contributed by atoms with Crippen LogP contribution in [-0.4, -0.2) is 29.8 Å². The standard InChI is InChI=1S/C16H13N5O2/c1-19-14-13(15(23)21-12(9-22)7-17-16(19)21)20(10-18-14)8-11-5-3-2-4-6-11/h2-7,9-10H,8H2,1H3. The maximum atomic E-state index is 12.8. The lowest BCUT2D eigenvalue weighted by atomic mass is 10.2. The fraction of sp³-hybridized carbons (Fsp3) is 0.125. The Bertz CT molecular complexity index is 1090. The van der Waals surface area contributed by atoms with E-state index in [1.54, 1.807) is 22.5 Å². The zero-order chi connectivity index (χ0) is 16.0. The first-order valence-corrected chi connectivity index (χ1v) is 7.11. The Morgan fingerprint density at radius 1 is 1.17 bits per heavy atom. The Morgan fingerprint density at radius 2 is 1.96 bits per heavy atom. The first-order valence-electron chi connectivity index (χ1n) is 7.11. The fourth-order valence-corrected chi connectivity index (χ4v) is 2.82. The summed E-state index contributed by atoms with van der Waals surface area (Å²) in [5.41, 5.74) is 2.00. The summed E-state index contributed by atoms with van der Waals surface area (Å²) in [6, 6.07) is 9.82. The zero-order valence-corrected chi connectivity index (χ0v) is 12.4. The third-order valence-electron chi connectivity index (χ3n) is 3.93. The summed E-state index contributed by atoms with van der Waals surface area (Å²) in [5.74, 6) is 0.398. The summed E-state index contributed by atoms with van der Waals surface area (Å²) in [5, 5.41) is 0. The molecule has 0 radical (unpaired) electrons. The van der Waals surface area contributed by atoms with Crippen LogP contribution in [0, 0.1) is 0 Å². The molecule has 0 aliphatic rings. The molecule has 0 N–H and O–H groups in total. The molecule has 0 unspecified atom stereocenters. The van der Waals surface area contributed by atoms with Crippen molar-refractivity contribution in [3.05, 3.63) is 64.5 Å². The topological polar surface area (TPSA) is 74.2 Å². The minimum Gasteiger partial charge on any atom is -0.320 e. The Morgan fingerprint density at radius 3 is 2.70 bits per heavy atom. The monoisotopic (exact) mass is 307 g/mol. The Balaban J connectivity index is 2.03. The van der Waals surface area contributed by atoms with Gasteiger partial charge in [0.25, 0.3) is 5.56 Å². The van der Waals surface area contributed by atoms with E-state index in [1.165, 1.54) is 10.6 Å². The molecular formula is C16H13N5O2. The summed E-state index contributed by atoms with van der Waals surface area (Å²) in [6.07, 6.45) is 3.66. The number of hydrogen-bond acceptors (Lipinski definition) is 4. The van der Waals surface area contributed by atoms with Gasteiger partial charge in [-0.15, -0.1) is 0 Å². The first kappa shape index (κ1) is 13.4. The lowest BCUT2D eigenvalue weighted by Gasteiger charge is -2.07. The molecule has 0 saturated heterocycles. The minimum atomic E-state index is -0.291. The maximum Gasteiger partial charge on any atom is 0.285 e. The quantitative estimate of drug-likeness (QED) is 0.534. The van der Waals surface area contributed by atoms with Gasteiger partial charge in [0.15, 0.2) is 17.5 Å². The summed E-state index contributed by atoms with van der Waals surface area (Å²) < 4.78 is 4.82. The normalized spacial score (nSPS) is 11.3. The summed E-state index contributed by atoms with van der Waals surface area (Å²) in [4.78, 5) is 32.5. The van der Waals surface area contributed by atoms with Gasteiger partial charge in [0.05, 0.1) is 12.5 Å². The average molecular weight is 307 g/mol. The second-order valence-corrected chi connectivity index (χ2v) is 5.33. The van der Waals surface area contributed by atoms with Gasteiger partial charge in [-0.1, -0.05) is 30.3 Å². The number of carbonyl (C=O) groups is 1. The van der Waals surface area contributed by atoms with Crippen LogP contribution in [0.25, 0.3) is 16.9 Å². The van der Waals surface area contributed by atoms with Gasteiger partial charge in [0, 0.05) is 13.6 Å². The molecule has 114 valence electrons. The number of nitrogens with zero attached hydrogens (tertiary/aromatic N) is 5. The number of hydrogen-bond donors (Lipinski definition) is 0. The molecule has 0 bridgehead atoms. The Kier molecular flexibility index (Phi) is 2.87. The highest BCUT2D eigenvalue weighted by Gasteiger charge is 2.17. The van der Waals surface area contributed by atoms with E-state index in [4.69, 9.17) is 0 Å². The Labute approximate surface area is 130 Å². The lowest BCUT2D eigenvalue weighted by molar-refractivity contribution is 0.111. The number of fused-ring (bicyclic) bond motifs is 2. The molecule has 23 heavy (non-hydrogen) atoms. The summed E-state index contributed by atoms with van der Waals surface area (Å²) >= 11 is 0. The SMILES string of the molecule is Cn1c2ncn(Cc3ccccc3)c2c(=O)n2c(C=O)cnc12. The van der Waals surface area contributed by atoms with E-state index >= 15 is 0 Å². The molecule has 3 heterocycles. The largest absolute Gasteiger partial charge is 0.320 e. The van der Waals surface area contributed by atoms with Gasteiger partial charge < -0.3 is 4.57 Å². The van der Waals surface area contributed by atoms with Gasteiger partial charge in [-0.05, 0) is 5.56 Å². The third kappa shape index (κ3) is 1.90. The summed E-state index contributed by atoms with van der Waals surface area (Å²) in [7, 11) is 1.78. The van der Waals surface area contributed by atoms with Crippen molar-refractivity contribution in [1.82, 2.24) is 23.5 Å². The van der Waals surface area contributed by atoms with Crippen LogP contribution in [0.1, 0.15) is 16.1 Å². The van der Waals surface area contributed by atoms with Crippen molar-refractivity contribution in [1.29, 1.82) is 0 Å². The average Bonchev–Trinajstić information content (AvgIpc) is 3.18. The van der Waals surface area contributed by atoms with Gasteiger partial charge in [-0.2, -0.15) is 0 Å². The number of imidazole rings is 2. The van der Waals surface area contributed by atoms with Crippen LogP contribution in [0.15, 0.2) is 47.7 Å². The van der Waals surface area contributed by atoms with Crippen molar-refractivity contribution in [2.75, 3.05) is 0 Å². The molecule has 0 amide bonds. The van der Waals surface area contributed by atoms with Crippen molar-refractivity contribution >= 4 is 23.2 Å². The van der Waals surface area contributed by atoms with E-state index in [1.807, 2.05) is 30.3 Å². The molecular weight excluding hydrogens is 294 g/mol. The lowest BCUT2D eigenvalue weighted by Crippen LogP contribution is -2.21. The predicted octanol–water partition coefficient (Wildman–Crippen LogP) is 1.24. The molecule has 4 rings (SSSR count). The molecule has 7 nitrogen and oxygen atoms in total. The van der Waals surface area contributed by atoms with Crippen LogP contribution in [0.3, 0.4) is 0 Å². The first-order chi connectivity index (χ1) is 11.2. The molecule has 0 spiro atoms. The predicted molar refractivity (Wildman–Crippen MR) is 84.7 cm³/mol. The van der Waals surface area contributed by atoms with Crippen LogP contribution in [0.5, 0.6) is 0 Å². The molecule has 0 aliphatic carbocycles. The van der Waals surface area contributed by atoms with Crippen LogP contribution in [0.4, 0.5) is 0 Å². The minimum absolute atomic E-state index is 0.231. The molecule has 0 fully saturated rings. The number of carbonyl (C=O) groups excluding carboxylic acids is 1. The van der Waals surface area contributed by atoms with E-state index in [2.05, 4.69) is 9.97 Å². The van der Waals surface area contributed by atoms with E-state index in [0.29, 0.717) is 29.8 Å². The maximum absolute atomic E-state index is 12.8. The van der Waals surface area contributed by atoms with Crippen LogP contribution >= 0.6 is 0 Å². The smallest absolute Gasteiger partial charge is 0.285 e. The van der Waals surface area contributed by atoms with Crippen LogP contribution < -0.4 is 5.56 Å². The van der Waals surface area contributed by atoms with Crippen molar-refractivity contribution in [3.8, 4) is 0 Å². The van der Waals surface area contributed by atoms with Gasteiger partial charge in [-0.25, -0.2) is 14.4 Å². The van der Waals surface area contributed by atoms with Gasteiger partial charge in [0.1, 0.15) is 5.69 Å². The zero-order valence-electron chi connectivity index (χ0n) is 12.4. The highest BCUT2D eigenvalue weighted by molar-refractivity contribution is 5.78. The molecule has 1 aromatic carbocycles. The third-order valence-corrected chi connectivity index (χ3v) is 3.93. The van der Waals surface area contributed by atoms with Gasteiger partial charge in [-0.3, -0.25) is 14.2 Å². The molecule has 7 heteroatoms. The second kappa shape index (κ2) is 4.91. The molecule has 3 aromatic heterocycles. The van der Waals surface area contributed by atoms with Gasteiger partial charge in [0.2, 0.25) is 5.78 Å². The van der Waals surface area contributed by atoms with Crippen LogP contribution in [-0.2, 0) is 13.6 Å². The van der Waals surface area contributed by atoms with Crippen LogP contribution in [0.2, 0.25) is 0 Å². The van der Waals surface area contributed by atoms with E-state index in [0.717, 1.165) is 5.56 Å². The van der Waals surface area contributed by atoms with Crippen molar-refractivity contribution in [2.45, 2.75) is 6.54 Å². The van der Waals surface area contributed by atoms with E-state index in [9.17, 15) is 9.59 Å². The number of aldehydes is 1. The van der Waals surface area contributed by atoms with Crippen molar-refractivity contribution in [3.63, 3.8) is 0 Å². The van der Waals surface area contributed by atoms with Gasteiger partial charge >= 0.3 is 0 Å². The Hall–Kier alpha value is -3.22. The molecule has 0 saturated carbocycles. The highest BCUT2D eigenvalue weighted by Crippen LogP contribution is 2.13. The number of rotatable bonds is 3. The van der Waals surface area contributed by atoms with E-state index in [-0.39, 0.29) is 11.3 Å². The van der Waals surface area contributed by atoms with E-state index < -0.39 is 0 Å². The van der Waals surface area contributed by atoms with Crippen molar-refractivity contribution in [2.24, 2.45) is 7.05 Å². The number of aromatic nitrogens is 5. The van der Waals surface area contributed by atoms with Crippen molar-refractivity contribution < 1.29 is 4.79 Å². The fourth-order valence-electron chi connectivity index (χ4n) is 2.82. The molecule has 0 atom stereocenters. The highest BCUT2D eigenvalue weighted by atomic mass is 16.1.